The number of primary amides is 1. The normalized spacial score (nSPS) is 9.94. The van der Waals surface area contributed by atoms with E-state index in [4.69, 9.17) is 10.8 Å². The Labute approximate surface area is 99.6 Å². The highest BCUT2D eigenvalue weighted by Gasteiger charge is 2.02. The third-order valence-corrected chi connectivity index (χ3v) is 2.18. The quantitative estimate of drug-likeness (QED) is 0.668. The van der Waals surface area contributed by atoms with Crippen molar-refractivity contribution in [1.29, 1.82) is 0 Å². The van der Waals surface area contributed by atoms with E-state index in [9.17, 15) is 9.59 Å². The summed E-state index contributed by atoms with van der Waals surface area (Å²) in [6, 6.07) is 6.92. The van der Waals surface area contributed by atoms with Crippen molar-refractivity contribution in [3.63, 3.8) is 0 Å². The van der Waals surface area contributed by atoms with Gasteiger partial charge in [0.15, 0.2) is 0 Å². The van der Waals surface area contributed by atoms with Crippen LogP contribution in [0.4, 0.5) is 5.69 Å². The molecule has 0 aliphatic carbocycles. The molecule has 5 heteroatoms. The standard InChI is InChI=1S/C12H16N2O3/c13-11(16)8-9-3-5-10(6-4-9)14-12(17)2-1-7-15/h3-6,15H,1-2,7-8H2,(H2,13,16)(H,14,17). The van der Waals surface area contributed by atoms with Gasteiger partial charge in [-0.05, 0) is 24.1 Å². The summed E-state index contributed by atoms with van der Waals surface area (Å²) in [5.41, 5.74) is 6.54. The number of benzene rings is 1. The number of carbonyl (C=O) groups is 2. The van der Waals surface area contributed by atoms with Crippen molar-refractivity contribution in [2.24, 2.45) is 5.73 Å². The zero-order valence-electron chi connectivity index (χ0n) is 9.48. The number of anilines is 1. The molecule has 5 nitrogen and oxygen atoms in total. The van der Waals surface area contributed by atoms with Crippen LogP contribution < -0.4 is 11.1 Å². The molecule has 0 unspecified atom stereocenters. The summed E-state index contributed by atoms with van der Waals surface area (Å²) in [6.07, 6.45) is 0.934. The first-order valence-electron chi connectivity index (χ1n) is 5.40. The van der Waals surface area contributed by atoms with Gasteiger partial charge >= 0.3 is 0 Å². The van der Waals surface area contributed by atoms with Gasteiger partial charge < -0.3 is 16.2 Å². The smallest absolute Gasteiger partial charge is 0.224 e. The molecule has 0 bridgehead atoms. The van der Waals surface area contributed by atoms with E-state index in [1.165, 1.54) is 0 Å². The summed E-state index contributed by atoms with van der Waals surface area (Å²) in [6.45, 7) is 0.00493. The number of aliphatic hydroxyl groups excluding tert-OH is 1. The van der Waals surface area contributed by atoms with Crippen LogP contribution >= 0.6 is 0 Å². The van der Waals surface area contributed by atoms with Crippen LogP contribution in [0, 0.1) is 0 Å². The van der Waals surface area contributed by atoms with Crippen LogP contribution in [-0.2, 0) is 16.0 Å². The number of rotatable bonds is 6. The van der Waals surface area contributed by atoms with Crippen LogP contribution in [0.3, 0.4) is 0 Å². The van der Waals surface area contributed by atoms with Gasteiger partial charge in [-0.3, -0.25) is 9.59 Å². The van der Waals surface area contributed by atoms with E-state index in [1.807, 2.05) is 0 Å². The van der Waals surface area contributed by atoms with E-state index in [0.29, 0.717) is 18.5 Å². The predicted octanol–water partition coefficient (Wildman–Crippen LogP) is 0.425. The van der Waals surface area contributed by atoms with Gasteiger partial charge in [0.25, 0.3) is 0 Å². The van der Waals surface area contributed by atoms with Crippen molar-refractivity contribution in [2.75, 3.05) is 11.9 Å². The third-order valence-electron chi connectivity index (χ3n) is 2.18. The molecule has 1 aromatic carbocycles. The second kappa shape index (κ2) is 6.65. The second-order valence-electron chi connectivity index (χ2n) is 3.72. The molecule has 2 amide bonds. The zero-order chi connectivity index (χ0) is 12.7. The lowest BCUT2D eigenvalue weighted by Crippen LogP contribution is -2.14. The molecule has 4 N–H and O–H groups in total. The molecule has 0 aliphatic rings. The van der Waals surface area contributed by atoms with Gasteiger partial charge in [-0.25, -0.2) is 0 Å². The lowest BCUT2D eigenvalue weighted by Gasteiger charge is -2.05. The molecule has 0 aliphatic heterocycles. The van der Waals surface area contributed by atoms with Crippen LogP contribution in [0.2, 0.25) is 0 Å². The third kappa shape index (κ3) is 5.12. The van der Waals surface area contributed by atoms with E-state index >= 15 is 0 Å². The van der Waals surface area contributed by atoms with Gasteiger partial charge in [-0.1, -0.05) is 12.1 Å². The zero-order valence-corrected chi connectivity index (χ0v) is 9.48. The minimum Gasteiger partial charge on any atom is -0.396 e. The van der Waals surface area contributed by atoms with Crippen molar-refractivity contribution in [2.45, 2.75) is 19.3 Å². The Morgan fingerprint density at radius 2 is 1.88 bits per heavy atom. The number of amides is 2. The number of hydrogen-bond acceptors (Lipinski definition) is 3. The van der Waals surface area contributed by atoms with Gasteiger partial charge in [-0.2, -0.15) is 0 Å². The average Bonchev–Trinajstić information content (AvgIpc) is 2.28. The fraction of sp³-hybridized carbons (Fsp3) is 0.333. The van der Waals surface area contributed by atoms with E-state index in [0.717, 1.165) is 5.56 Å². The monoisotopic (exact) mass is 236 g/mol. The first-order valence-corrected chi connectivity index (χ1v) is 5.40. The Hall–Kier alpha value is -1.88. The van der Waals surface area contributed by atoms with Crippen LogP contribution in [0.1, 0.15) is 18.4 Å². The summed E-state index contributed by atoms with van der Waals surface area (Å²) in [5.74, 6) is -0.522. The fourth-order valence-electron chi connectivity index (χ4n) is 1.37. The van der Waals surface area contributed by atoms with E-state index in [2.05, 4.69) is 5.32 Å². The second-order valence-corrected chi connectivity index (χ2v) is 3.72. The van der Waals surface area contributed by atoms with Crippen LogP contribution in [-0.4, -0.2) is 23.5 Å². The molecule has 0 fully saturated rings. The maximum Gasteiger partial charge on any atom is 0.224 e. The molecule has 0 heterocycles. The number of hydrogen-bond donors (Lipinski definition) is 3. The lowest BCUT2D eigenvalue weighted by atomic mass is 10.1. The number of nitrogens with two attached hydrogens (primary N) is 1. The van der Waals surface area contributed by atoms with Crippen molar-refractivity contribution in [3.8, 4) is 0 Å². The van der Waals surface area contributed by atoms with Crippen molar-refractivity contribution in [3.05, 3.63) is 29.8 Å². The Morgan fingerprint density at radius 3 is 2.41 bits per heavy atom. The van der Waals surface area contributed by atoms with Crippen LogP contribution in [0.25, 0.3) is 0 Å². The van der Waals surface area contributed by atoms with E-state index in [1.54, 1.807) is 24.3 Å². The minimum atomic E-state index is -0.385. The number of aliphatic hydroxyl groups is 1. The van der Waals surface area contributed by atoms with Crippen molar-refractivity contribution >= 4 is 17.5 Å². The molecule has 0 saturated carbocycles. The Bertz CT molecular complexity index is 387. The maximum atomic E-state index is 11.3. The number of nitrogens with one attached hydrogen (secondary N) is 1. The topological polar surface area (TPSA) is 92.4 Å². The first-order chi connectivity index (χ1) is 8.11. The van der Waals surface area contributed by atoms with Gasteiger partial charge in [-0.15, -0.1) is 0 Å². The predicted molar refractivity (Wildman–Crippen MR) is 64.3 cm³/mol. The van der Waals surface area contributed by atoms with Gasteiger partial charge in [0, 0.05) is 18.7 Å². The van der Waals surface area contributed by atoms with Gasteiger partial charge in [0.2, 0.25) is 11.8 Å². The highest BCUT2D eigenvalue weighted by atomic mass is 16.3. The molecule has 1 aromatic rings. The molecule has 0 saturated heterocycles. The lowest BCUT2D eigenvalue weighted by molar-refractivity contribution is -0.117. The Kier molecular flexibility index (Phi) is 5.16. The first kappa shape index (κ1) is 13.2. The summed E-state index contributed by atoms with van der Waals surface area (Å²) in [7, 11) is 0. The molecular formula is C12H16N2O3. The molecular weight excluding hydrogens is 220 g/mol. The largest absolute Gasteiger partial charge is 0.396 e. The van der Waals surface area contributed by atoms with Crippen LogP contribution in [0.15, 0.2) is 24.3 Å². The molecule has 0 radical (unpaired) electrons. The summed E-state index contributed by atoms with van der Waals surface area (Å²) < 4.78 is 0. The average molecular weight is 236 g/mol. The summed E-state index contributed by atoms with van der Waals surface area (Å²) in [5, 5.41) is 11.3. The van der Waals surface area contributed by atoms with E-state index in [-0.39, 0.29) is 24.8 Å². The van der Waals surface area contributed by atoms with Gasteiger partial charge in [0.05, 0.1) is 6.42 Å². The highest BCUT2D eigenvalue weighted by Crippen LogP contribution is 2.10. The van der Waals surface area contributed by atoms with E-state index < -0.39 is 0 Å². The molecule has 0 atom stereocenters. The summed E-state index contributed by atoms with van der Waals surface area (Å²) >= 11 is 0. The Balaban J connectivity index is 2.50. The molecule has 0 aromatic heterocycles. The SMILES string of the molecule is NC(=O)Cc1ccc(NC(=O)CCCO)cc1. The minimum absolute atomic E-state index is 0.00493. The molecule has 17 heavy (non-hydrogen) atoms. The maximum absolute atomic E-state index is 11.3. The number of carbonyl (C=O) groups excluding carboxylic acids is 2. The fourth-order valence-corrected chi connectivity index (χ4v) is 1.37. The van der Waals surface area contributed by atoms with Crippen molar-refractivity contribution < 1.29 is 14.7 Å². The summed E-state index contributed by atoms with van der Waals surface area (Å²) in [4.78, 5) is 22.0. The Morgan fingerprint density at radius 1 is 1.24 bits per heavy atom. The highest BCUT2D eigenvalue weighted by molar-refractivity contribution is 5.90. The molecule has 1 rings (SSSR count). The van der Waals surface area contributed by atoms with Crippen LogP contribution in [0.5, 0.6) is 0 Å². The molecule has 0 spiro atoms. The van der Waals surface area contributed by atoms with Gasteiger partial charge in [0.1, 0.15) is 0 Å². The van der Waals surface area contributed by atoms with Crippen molar-refractivity contribution in [1.82, 2.24) is 0 Å². The molecule has 92 valence electrons.